The van der Waals surface area contributed by atoms with E-state index < -0.39 is 0 Å². The molecule has 0 bridgehead atoms. The Bertz CT molecular complexity index is 328. The molecule has 15 heavy (non-hydrogen) atoms. The van der Waals surface area contributed by atoms with Crippen molar-refractivity contribution in [2.24, 2.45) is 5.92 Å². The third-order valence-electron chi connectivity index (χ3n) is 3.51. The van der Waals surface area contributed by atoms with Gasteiger partial charge in [-0.2, -0.15) is 0 Å². The first-order valence-electron chi connectivity index (χ1n) is 5.85. The Morgan fingerprint density at radius 3 is 2.53 bits per heavy atom. The van der Waals surface area contributed by atoms with Gasteiger partial charge in [-0.1, -0.05) is 37.3 Å². The lowest BCUT2D eigenvalue weighted by Crippen LogP contribution is -2.07. The molecule has 0 amide bonds. The third-order valence-corrected chi connectivity index (χ3v) is 3.51. The van der Waals surface area contributed by atoms with Gasteiger partial charge in [0, 0.05) is 12.3 Å². The largest absolute Gasteiger partial charge is 0.299 e. The van der Waals surface area contributed by atoms with E-state index in [0.29, 0.717) is 11.7 Å². The number of carbonyl (C=O) groups is 1. The Labute approximate surface area is 91.5 Å². The molecule has 0 saturated heterocycles. The number of rotatable bonds is 1. The topological polar surface area (TPSA) is 17.1 Å². The molecule has 0 spiro atoms. The molecule has 80 valence electrons. The van der Waals surface area contributed by atoms with Gasteiger partial charge in [0.05, 0.1) is 0 Å². The zero-order valence-electron chi connectivity index (χ0n) is 9.28. The zero-order valence-corrected chi connectivity index (χ0v) is 9.28. The fraction of sp³-hybridized carbons (Fsp3) is 0.500. The van der Waals surface area contributed by atoms with Crippen LogP contribution in [0.5, 0.6) is 0 Å². The molecule has 1 nitrogen and oxygen atoms in total. The van der Waals surface area contributed by atoms with Crippen molar-refractivity contribution in [1.82, 2.24) is 0 Å². The lowest BCUT2D eigenvalue weighted by atomic mass is 9.91. The number of Topliss-reactive ketones (excluding diaryl/α,β-unsaturated/α-hetero) is 1. The normalized spacial score (nSPS) is 27.4. The molecule has 0 unspecified atom stereocenters. The van der Waals surface area contributed by atoms with Crippen molar-refractivity contribution in [3.8, 4) is 0 Å². The van der Waals surface area contributed by atoms with Crippen molar-refractivity contribution >= 4 is 5.78 Å². The lowest BCUT2D eigenvalue weighted by molar-refractivity contribution is -0.122. The summed E-state index contributed by atoms with van der Waals surface area (Å²) in [5.74, 6) is 1.33. The Hall–Kier alpha value is -1.11. The maximum Gasteiger partial charge on any atom is 0.135 e. The van der Waals surface area contributed by atoms with Gasteiger partial charge in [-0.25, -0.2) is 0 Å². The van der Waals surface area contributed by atoms with E-state index >= 15 is 0 Å². The van der Waals surface area contributed by atoms with Crippen molar-refractivity contribution in [2.45, 2.75) is 38.5 Å². The number of ketones is 1. The van der Waals surface area contributed by atoms with Crippen LogP contribution in [-0.2, 0) is 4.79 Å². The van der Waals surface area contributed by atoms with Gasteiger partial charge in [0.25, 0.3) is 0 Å². The fourth-order valence-electron chi connectivity index (χ4n) is 2.38. The minimum Gasteiger partial charge on any atom is -0.299 e. The van der Waals surface area contributed by atoms with Crippen molar-refractivity contribution in [2.75, 3.05) is 0 Å². The Kier molecular flexibility index (Phi) is 3.20. The van der Waals surface area contributed by atoms with Gasteiger partial charge in [0.2, 0.25) is 0 Å². The molecule has 0 N–H and O–H groups in total. The summed E-state index contributed by atoms with van der Waals surface area (Å²) in [6.45, 7) is 2.07. The van der Waals surface area contributed by atoms with Gasteiger partial charge >= 0.3 is 0 Å². The highest BCUT2D eigenvalue weighted by atomic mass is 16.1. The molecule has 0 radical (unpaired) electrons. The highest BCUT2D eigenvalue weighted by Gasteiger charge is 2.22. The van der Waals surface area contributed by atoms with E-state index in [1.165, 1.54) is 5.56 Å². The molecule has 0 aromatic heterocycles. The second-order valence-corrected chi connectivity index (χ2v) is 4.59. The van der Waals surface area contributed by atoms with Gasteiger partial charge in [0.1, 0.15) is 5.78 Å². The van der Waals surface area contributed by atoms with Crippen LogP contribution in [0.15, 0.2) is 30.3 Å². The summed E-state index contributed by atoms with van der Waals surface area (Å²) in [7, 11) is 0. The predicted octanol–water partition coefficient (Wildman–Crippen LogP) is 3.55. The number of carbonyl (C=O) groups excluding carboxylic acids is 1. The SMILES string of the molecule is C[C@H]1CC[C@@H](c2ccccc2)CCC1=O. The Morgan fingerprint density at radius 2 is 1.80 bits per heavy atom. The molecule has 0 heterocycles. The van der Waals surface area contributed by atoms with Crippen LogP contribution in [0.2, 0.25) is 0 Å². The van der Waals surface area contributed by atoms with E-state index in [1.54, 1.807) is 0 Å². The molecule has 1 aliphatic rings. The molecule has 1 aliphatic carbocycles. The standard InChI is InChI=1S/C14H18O/c1-11-7-8-13(9-10-14(11)15)12-5-3-2-4-6-12/h2-6,11,13H,7-10H2,1H3/t11-,13+/m0/s1. The van der Waals surface area contributed by atoms with Crippen LogP contribution in [-0.4, -0.2) is 5.78 Å². The molecular formula is C14H18O. The zero-order chi connectivity index (χ0) is 10.7. The van der Waals surface area contributed by atoms with Gasteiger partial charge < -0.3 is 0 Å². The third kappa shape index (κ3) is 2.47. The van der Waals surface area contributed by atoms with Crippen molar-refractivity contribution in [1.29, 1.82) is 0 Å². The quantitative estimate of drug-likeness (QED) is 0.636. The van der Waals surface area contributed by atoms with E-state index in [1.807, 2.05) is 6.07 Å². The second-order valence-electron chi connectivity index (χ2n) is 4.59. The average Bonchev–Trinajstić information content (AvgIpc) is 2.44. The van der Waals surface area contributed by atoms with Gasteiger partial charge in [-0.15, -0.1) is 0 Å². The summed E-state index contributed by atoms with van der Waals surface area (Å²) in [6.07, 6.45) is 4.02. The van der Waals surface area contributed by atoms with Crippen LogP contribution in [0, 0.1) is 5.92 Å². The van der Waals surface area contributed by atoms with E-state index in [4.69, 9.17) is 0 Å². The molecule has 2 atom stereocenters. The summed E-state index contributed by atoms with van der Waals surface area (Å²) >= 11 is 0. The number of benzene rings is 1. The average molecular weight is 202 g/mol. The van der Waals surface area contributed by atoms with Crippen LogP contribution < -0.4 is 0 Å². The number of hydrogen-bond acceptors (Lipinski definition) is 1. The summed E-state index contributed by atoms with van der Waals surface area (Å²) in [5, 5.41) is 0. The summed E-state index contributed by atoms with van der Waals surface area (Å²) in [5.41, 5.74) is 1.40. The van der Waals surface area contributed by atoms with E-state index in [9.17, 15) is 4.79 Å². The van der Waals surface area contributed by atoms with Gasteiger partial charge in [-0.3, -0.25) is 4.79 Å². The molecule has 0 aliphatic heterocycles. The highest BCUT2D eigenvalue weighted by Crippen LogP contribution is 2.32. The Balaban J connectivity index is 2.09. The minimum absolute atomic E-state index is 0.277. The van der Waals surface area contributed by atoms with Crippen molar-refractivity contribution in [3.05, 3.63) is 35.9 Å². The minimum atomic E-state index is 0.277. The van der Waals surface area contributed by atoms with Crippen LogP contribution in [0.3, 0.4) is 0 Å². The first-order chi connectivity index (χ1) is 7.27. The summed E-state index contributed by atoms with van der Waals surface area (Å²) < 4.78 is 0. The van der Waals surface area contributed by atoms with Gasteiger partial charge in [-0.05, 0) is 30.7 Å². The molecule has 2 rings (SSSR count). The smallest absolute Gasteiger partial charge is 0.135 e. The first-order valence-corrected chi connectivity index (χ1v) is 5.85. The van der Waals surface area contributed by atoms with Crippen LogP contribution in [0.4, 0.5) is 0 Å². The molecule has 1 aromatic rings. The number of hydrogen-bond donors (Lipinski definition) is 0. The predicted molar refractivity (Wildman–Crippen MR) is 61.8 cm³/mol. The van der Waals surface area contributed by atoms with E-state index in [0.717, 1.165) is 25.7 Å². The molecular weight excluding hydrogens is 184 g/mol. The monoisotopic (exact) mass is 202 g/mol. The maximum absolute atomic E-state index is 11.6. The van der Waals surface area contributed by atoms with Crippen molar-refractivity contribution < 1.29 is 4.79 Å². The van der Waals surface area contributed by atoms with E-state index in [-0.39, 0.29) is 5.92 Å². The maximum atomic E-state index is 11.6. The Morgan fingerprint density at radius 1 is 1.07 bits per heavy atom. The molecule has 1 heteroatoms. The van der Waals surface area contributed by atoms with Crippen molar-refractivity contribution in [3.63, 3.8) is 0 Å². The van der Waals surface area contributed by atoms with Gasteiger partial charge in [0.15, 0.2) is 0 Å². The van der Waals surface area contributed by atoms with Crippen LogP contribution in [0.1, 0.15) is 44.1 Å². The lowest BCUT2D eigenvalue weighted by Gasteiger charge is -2.13. The first kappa shape index (κ1) is 10.4. The fourth-order valence-corrected chi connectivity index (χ4v) is 2.38. The van der Waals surface area contributed by atoms with Crippen LogP contribution >= 0.6 is 0 Å². The summed E-state index contributed by atoms with van der Waals surface area (Å²) in [4.78, 5) is 11.6. The van der Waals surface area contributed by atoms with E-state index in [2.05, 4.69) is 31.2 Å². The van der Waals surface area contributed by atoms with Crippen LogP contribution in [0.25, 0.3) is 0 Å². The highest BCUT2D eigenvalue weighted by molar-refractivity contribution is 5.80. The molecule has 1 fully saturated rings. The molecule has 1 saturated carbocycles. The summed E-state index contributed by atoms with van der Waals surface area (Å²) in [6, 6.07) is 10.6. The second kappa shape index (κ2) is 4.61. The molecule has 1 aromatic carbocycles.